The number of nitrogens with one attached hydrogen (secondary N) is 2. The molecule has 25 heavy (non-hydrogen) atoms. The summed E-state index contributed by atoms with van der Waals surface area (Å²) in [6.45, 7) is 8.41. The van der Waals surface area contributed by atoms with Crippen molar-refractivity contribution in [3.05, 3.63) is 46.9 Å². The second kappa shape index (κ2) is 7.51. The molecular weight excluding hydrogens is 314 g/mol. The van der Waals surface area contributed by atoms with Crippen LogP contribution in [0.5, 0.6) is 0 Å². The Morgan fingerprint density at radius 2 is 1.84 bits per heavy atom. The number of aryl methyl sites for hydroxylation is 3. The summed E-state index contributed by atoms with van der Waals surface area (Å²) >= 11 is 0. The molecular formula is C19H25N5O. The topological polar surface area (TPSA) is 70.2 Å². The van der Waals surface area contributed by atoms with Crippen LogP contribution in [0.25, 0.3) is 0 Å². The minimum Gasteiger partial charge on any atom is -0.357 e. The highest BCUT2D eigenvalue weighted by Gasteiger charge is 2.15. The summed E-state index contributed by atoms with van der Waals surface area (Å²) in [5, 5.41) is 5.68. The number of rotatable bonds is 4. The van der Waals surface area contributed by atoms with Crippen LogP contribution in [-0.4, -0.2) is 29.1 Å². The highest BCUT2D eigenvalue weighted by molar-refractivity contribution is 5.89. The highest BCUT2D eigenvalue weighted by atomic mass is 16.2. The number of urea groups is 1. The van der Waals surface area contributed by atoms with Crippen LogP contribution >= 0.6 is 0 Å². The van der Waals surface area contributed by atoms with Crippen LogP contribution in [0.1, 0.15) is 35.5 Å². The Balaban J connectivity index is 1.60. The molecule has 1 aliphatic rings. The maximum Gasteiger partial charge on any atom is 0.319 e. The van der Waals surface area contributed by atoms with Crippen LogP contribution in [0.3, 0.4) is 0 Å². The number of nitrogens with zero attached hydrogens (tertiary/aromatic N) is 3. The fourth-order valence-electron chi connectivity index (χ4n) is 2.95. The first-order chi connectivity index (χ1) is 12.0. The van der Waals surface area contributed by atoms with E-state index >= 15 is 0 Å². The molecule has 0 aliphatic carbocycles. The lowest BCUT2D eigenvalue weighted by atomic mass is 10.1. The van der Waals surface area contributed by atoms with Crippen molar-refractivity contribution in [1.29, 1.82) is 0 Å². The first-order valence-corrected chi connectivity index (χ1v) is 8.73. The predicted octanol–water partition coefficient (Wildman–Crippen LogP) is 3.32. The van der Waals surface area contributed by atoms with Crippen LogP contribution in [0.15, 0.2) is 24.3 Å². The van der Waals surface area contributed by atoms with Gasteiger partial charge in [0.25, 0.3) is 0 Å². The quantitative estimate of drug-likeness (QED) is 0.896. The SMILES string of the molecule is Cc1cc(N2CCCC2)nc(CNC(=O)Nc2ccc(C)c(C)c2)n1. The number of hydrogen-bond donors (Lipinski definition) is 2. The van der Waals surface area contributed by atoms with Crippen LogP contribution in [0, 0.1) is 20.8 Å². The van der Waals surface area contributed by atoms with Gasteiger partial charge in [0.2, 0.25) is 0 Å². The lowest BCUT2D eigenvalue weighted by molar-refractivity contribution is 0.251. The molecule has 1 fully saturated rings. The monoisotopic (exact) mass is 339 g/mol. The summed E-state index contributed by atoms with van der Waals surface area (Å²) in [5.74, 6) is 1.59. The van der Waals surface area contributed by atoms with Gasteiger partial charge in [0.15, 0.2) is 0 Å². The summed E-state index contributed by atoms with van der Waals surface area (Å²) < 4.78 is 0. The molecule has 6 nitrogen and oxygen atoms in total. The number of aromatic nitrogens is 2. The van der Waals surface area contributed by atoms with Crippen LogP contribution < -0.4 is 15.5 Å². The van der Waals surface area contributed by atoms with E-state index in [1.54, 1.807) is 0 Å². The molecule has 6 heteroatoms. The molecule has 132 valence electrons. The molecule has 0 bridgehead atoms. The molecule has 3 rings (SSSR count). The third-order valence-electron chi connectivity index (χ3n) is 4.49. The average molecular weight is 339 g/mol. The highest BCUT2D eigenvalue weighted by Crippen LogP contribution is 2.18. The molecule has 0 atom stereocenters. The van der Waals surface area contributed by atoms with Crippen LogP contribution in [0.2, 0.25) is 0 Å². The zero-order valence-corrected chi connectivity index (χ0v) is 15.1. The Labute approximate surface area is 148 Å². The van der Waals surface area contributed by atoms with E-state index in [2.05, 4.69) is 25.5 Å². The van der Waals surface area contributed by atoms with Crippen molar-refractivity contribution in [3.8, 4) is 0 Å². The molecule has 2 N–H and O–H groups in total. The first kappa shape index (κ1) is 17.2. The third kappa shape index (κ3) is 4.47. The summed E-state index contributed by atoms with van der Waals surface area (Å²) in [6.07, 6.45) is 2.41. The molecule has 0 radical (unpaired) electrons. The zero-order valence-electron chi connectivity index (χ0n) is 15.1. The largest absolute Gasteiger partial charge is 0.357 e. The molecule has 0 spiro atoms. The van der Waals surface area contributed by atoms with Crippen LogP contribution in [-0.2, 0) is 6.54 Å². The second-order valence-corrected chi connectivity index (χ2v) is 6.58. The van der Waals surface area contributed by atoms with Crippen LogP contribution in [0.4, 0.5) is 16.3 Å². The van der Waals surface area contributed by atoms with Crippen molar-refractivity contribution >= 4 is 17.5 Å². The van der Waals surface area contributed by atoms with Gasteiger partial charge in [-0.15, -0.1) is 0 Å². The van der Waals surface area contributed by atoms with Crippen molar-refractivity contribution in [1.82, 2.24) is 15.3 Å². The van der Waals surface area contributed by atoms with Crippen molar-refractivity contribution < 1.29 is 4.79 Å². The van der Waals surface area contributed by atoms with Gasteiger partial charge in [0.05, 0.1) is 6.54 Å². The van der Waals surface area contributed by atoms with E-state index in [-0.39, 0.29) is 6.03 Å². The van der Waals surface area contributed by atoms with Gasteiger partial charge in [-0.05, 0) is 56.9 Å². The molecule has 1 aromatic carbocycles. The Bertz CT molecular complexity index is 768. The predicted molar refractivity (Wildman–Crippen MR) is 100.0 cm³/mol. The minimum absolute atomic E-state index is 0.254. The van der Waals surface area contributed by atoms with Gasteiger partial charge in [-0.25, -0.2) is 14.8 Å². The lowest BCUT2D eigenvalue weighted by Crippen LogP contribution is -2.29. The molecule has 0 saturated carbocycles. The molecule has 2 heterocycles. The van der Waals surface area contributed by atoms with E-state index in [1.807, 2.05) is 45.0 Å². The standard InChI is InChI=1S/C19H25N5O/c1-13-6-7-16(10-14(13)2)22-19(25)20-12-17-21-15(3)11-18(23-17)24-8-4-5-9-24/h6-7,10-11H,4-5,8-9,12H2,1-3H3,(H2,20,22,25). The van der Waals surface area contributed by atoms with Gasteiger partial charge in [-0.1, -0.05) is 6.07 Å². The normalized spacial score (nSPS) is 13.8. The maximum atomic E-state index is 12.1. The van der Waals surface area contributed by atoms with Crippen molar-refractivity contribution in [2.75, 3.05) is 23.3 Å². The zero-order chi connectivity index (χ0) is 17.8. The molecule has 1 saturated heterocycles. The van der Waals surface area contributed by atoms with E-state index in [1.165, 1.54) is 18.4 Å². The van der Waals surface area contributed by atoms with E-state index in [4.69, 9.17) is 0 Å². The van der Waals surface area contributed by atoms with Gasteiger partial charge in [-0.2, -0.15) is 0 Å². The Hall–Kier alpha value is -2.63. The van der Waals surface area contributed by atoms with E-state index in [0.717, 1.165) is 35.9 Å². The summed E-state index contributed by atoms with van der Waals surface area (Å²) in [5.41, 5.74) is 4.05. The van der Waals surface area contributed by atoms with E-state index < -0.39 is 0 Å². The lowest BCUT2D eigenvalue weighted by Gasteiger charge is -2.17. The molecule has 1 aromatic heterocycles. The number of hydrogen-bond acceptors (Lipinski definition) is 4. The number of carbonyl (C=O) groups is 1. The Kier molecular flexibility index (Phi) is 5.16. The fraction of sp³-hybridized carbons (Fsp3) is 0.421. The van der Waals surface area contributed by atoms with Crippen molar-refractivity contribution in [2.45, 2.75) is 40.2 Å². The smallest absolute Gasteiger partial charge is 0.319 e. The number of carbonyl (C=O) groups excluding carboxylic acids is 1. The van der Waals surface area contributed by atoms with Gasteiger partial charge in [0.1, 0.15) is 11.6 Å². The number of anilines is 2. The summed E-state index contributed by atoms with van der Waals surface area (Å²) in [4.78, 5) is 23.4. The second-order valence-electron chi connectivity index (χ2n) is 6.58. The van der Waals surface area contributed by atoms with Gasteiger partial charge in [-0.3, -0.25) is 0 Å². The maximum absolute atomic E-state index is 12.1. The molecule has 2 aromatic rings. The summed E-state index contributed by atoms with van der Waals surface area (Å²) in [7, 11) is 0. The van der Waals surface area contributed by atoms with E-state index in [9.17, 15) is 4.79 Å². The molecule has 0 unspecified atom stereocenters. The average Bonchev–Trinajstić information content (AvgIpc) is 3.10. The Morgan fingerprint density at radius 1 is 1.08 bits per heavy atom. The molecule has 1 aliphatic heterocycles. The minimum atomic E-state index is -0.254. The first-order valence-electron chi connectivity index (χ1n) is 8.73. The van der Waals surface area contributed by atoms with Gasteiger partial charge < -0.3 is 15.5 Å². The summed E-state index contributed by atoms with van der Waals surface area (Å²) in [6, 6.07) is 7.61. The number of benzene rings is 1. The van der Waals surface area contributed by atoms with E-state index in [0.29, 0.717) is 12.4 Å². The molecule has 2 amide bonds. The van der Waals surface area contributed by atoms with Gasteiger partial charge in [0, 0.05) is 30.5 Å². The van der Waals surface area contributed by atoms with Gasteiger partial charge >= 0.3 is 6.03 Å². The van der Waals surface area contributed by atoms with Crippen molar-refractivity contribution in [2.24, 2.45) is 0 Å². The van der Waals surface area contributed by atoms with Crippen molar-refractivity contribution in [3.63, 3.8) is 0 Å². The fourth-order valence-corrected chi connectivity index (χ4v) is 2.95. The Morgan fingerprint density at radius 3 is 2.56 bits per heavy atom. The number of amides is 2. The third-order valence-corrected chi connectivity index (χ3v) is 4.49.